The van der Waals surface area contributed by atoms with E-state index in [4.69, 9.17) is 4.74 Å². The van der Waals surface area contributed by atoms with Gasteiger partial charge in [-0.15, -0.1) is 0 Å². The topological polar surface area (TPSA) is 48.9 Å². The van der Waals surface area contributed by atoms with Crippen molar-refractivity contribution < 1.29 is 9.53 Å². The van der Waals surface area contributed by atoms with Gasteiger partial charge in [0.2, 0.25) is 0 Å². The Kier molecular flexibility index (Phi) is 5.01. The number of piperazine rings is 1. The fourth-order valence-electron chi connectivity index (χ4n) is 4.35. The van der Waals surface area contributed by atoms with Crippen LogP contribution in [-0.2, 0) is 16.1 Å². The van der Waals surface area contributed by atoms with Crippen molar-refractivity contribution in [1.29, 1.82) is 0 Å². The summed E-state index contributed by atoms with van der Waals surface area (Å²) in [4.78, 5) is 23.7. The zero-order valence-corrected chi connectivity index (χ0v) is 15.0. The van der Waals surface area contributed by atoms with Crippen molar-refractivity contribution in [1.82, 2.24) is 19.7 Å². The Labute approximate surface area is 149 Å². The van der Waals surface area contributed by atoms with Crippen LogP contribution in [0.3, 0.4) is 0 Å². The first kappa shape index (κ1) is 16.9. The van der Waals surface area contributed by atoms with Gasteiger partial charge in [-0.05, 0) is 44.0 Å². The molecule has 3 aliphatic heterocycles. The fourth-order valence-corrected chi connectivity index (χ4v) is 4.35. The van der Waals surface area contributed by atoms with Crippen LogP contribution >= 0.6 is 0 Å². The maximum Gasteiger partial charge on any atom is 0.251 e. The van der Waals surface area contributed by atoms with Gasteiger partial charge < -0.3 is 14.5 Å². The molecule has 0 aliphatic carbocycles. The van der Waals surface area contributed by atoms with Gasteiger partial charge in [0.25, 0.3) is 5.91 Å². The molecule has 0 radical (unpaired) electrons. The summed E-state index contributed by atoms with van der Waals surface area (Å²) in [5.41, 5.74) is 1.30. The van der Waals surface area contributed by atoms with E-state index in [0.29, 0.717) is 6.04 Å². The van der Waals surface area contributed by atoms with Gasteiger partial charge in [-0.2, -0.15) is 0 Å². The number of hydrogen-bond donors (Lipinski definition) is 0. The third kappa shape index (κ3) is 3.71. The molecule has 0 saturated carbocycles. The van der Waals surface area contributed by atoms with E-state index >= 15 is 0 Å². The molecule has 0 aromatic carbocycles. The molecule has 1 amide bonds. The molecule has 0 N–H and O–H groups in total. The summed E-state index contributed by atoms with van der Waals surface area (Å²) in [5.74, 6) is 0.208. The van der Waals surface area contributed by atoms with Crippen LogP contribution in [-0.4, -0.2) is 83.6 Å². The second-order valence-corrected chi connectivity index (χ2v) is 7.55. The minimum Gasteiger partial charge on any atom is -0.363 e. The summed E-state index contributed by atoms with van der Waals surface area (Å²) in [7, 11) is 2.11. The van der Waals surface area contributed by atoms with Crippen LogP contribution in [0.25, 0.3) is 0 Å². The SMILES string of the molecule is CN1CCN(C(=O)[C@@H]2CC[C@@H]3[C@@H](CCN3Cc3ccncc3)O2)CC1. The van der Waals surface area contributed by atoms with Gasteiger partial charge in [-0.1, -0.05) is 0 Å². The first-order chi connectivity index (χ1) is 12.2. The van der Waals surface area contributed by atoms with Crippen molar-refractivity contribution in [2.75, 3.05) is 39.8 Å². The predicted octanol–water partition coefficient (Wildman–Crippen LogP) is 0.978. The van der Waals surface area contributed by atoms with E-state index in [1.165, 1.54) is 5.56 Å². The second kappa shape index (κ2) is 7.40. The number of pyridine rings is 1. The molecule has 136 valence electrons. The number of likely N-dealkylation sites (N-methyl/N-ethyl adjacent to an activating group) is 1. The van der Waals surface area contributed by atoms with E-state index in [2.05, 4.69) is 34.0 Å². The standard InChI is InChI=1S/C19H28N4O2/c1-21-10-12-22(13-11-21)19(24)18-3-2-16-17(25-18)6-9-23(16)14-15-4-7-20-8-5-15/h4-5,7-8,16-18H,2-3,6,9-14H2,1H3/t16-,17-,18+/m1/s1. The number of carbonyl (C=O) groups excluding carboxylic acids is 1. The molecule has 0 unspecified atom stereocenters. The monoisotopic (exact) mass is 344 g/mol. The van der Waals surface area contributed by atoms with Gasteiger partial charge in [0.05, 0.1) is 6.10 Å². The summed E-state index contributed by atoms with van der Waals surface area (Å²) < 4.78 is 6.26. The van der Waals surface area contributed by atoms with Crippen molar-refractivity contribution in [3.8, 4) is 0 Å². The highest BCUT2D eigenvalue weighted by Crippen LogP contribution is 2.33. The first-order valence-electron chi connectivity index (χ1n) is 9.46. The Bertz CT molecular complexity index is 588. The van der Waals surface area contributed by atoms with Crippen molar-refractivity contribution in [2.45, 2.75) is 44.1 Å². The normalized spacial score (nSPS) is 31.1. The van der Waals surface area contributed by atoms with Crippen LogP contribution in [0.15, 0.2) is 24.5 Å². The van der Waals surface area contributed by atoms with Crippen LogP contribution < -0.4 is 0 Å². The molecule has 3 saturated heterocycles. The van der Waals surface area contributed by atoms with Crippen molar-refractivity contribution in [3.63, 3.8) is 0 Å². The van der Waals surface area contributed by atoms with Gasteiger partial charge in [-0.25, -0.2) is 0 Å². The Hall–Kier alpha value is -1.50. The molecule has 6 nitrogen and oxygen atoms in total. The molecule has 0 bridgehead atoms. The van der Waals surface area contributed by atoms with E-state index in [9.17, 15) is 4.79 Å². The molecule has 3 aliphatic rings. The van der Waals surface area contributed by atoms with Crippen LogP contribution in [0.5, 0.6) is 0 Å². The highest BCUT2D eigenvalue weighted by molar-refractivity contribution is 5.81. The van der Waals surface area contributed by atoms with E-state index in [1.807, 2.05) is 17.3 Å². The summed E-state index contributed by atoms with van der Waals surface area (Å²) >= 11 is 0. The van der Waals surface area contributed by atoms with Crippen LogP contribution in [0.1, 0.15) is 24.8 Å². The Morgan fingerprint density at radius 1 is 1.12 bits per heavy atom. The molecule has 6 heteroatoms. The lowest BCUT2D eigenvalue weighted by molar-refractivity contribution is -0.156. The fraction of sp³-hybridized carbons (Fsp3) is 0.684. The summed E-state index contributed by atoms with van der Waals surface area (Å²) in [5, 5.41) is 0. The van der Waals surface area contributed by atoms with Crippen LogP contribution in [0.2, 0.25) is 0 Å². The number of likely N-dealkylation sites (tertiary alicyclic amines) is 1. The minimum absolute atomic E-state index is 0.206. The number of carbonyl (C=O) groups is 1. The highest BCUT2D eigenvalue weighted by Gasteiger charge is 2.42. The molecule has 3 atom stereocenters. The number of amides is 1. The molecular weight excluding hydrogens is 316 g/mol. The van der Waals surface area contributed by atoms with Gasteiger partial charge in [0.1, 0.15) is 6.10 Å². The zero-order valence-electron chi connectivity index (χ0n) is 15.0. The molecule has 4 heterocycles. The lowest BCUT2D eigenvalue weighted by Gasteiger charge is -2.39. The third-order valence-electron chi connectivity index (χ3n) is 5.89. The van der Waals surface area contributed by atoms with Gasteiger partial charge in [0, 0.05) is 57.7 Å². The molecule has 0 spiro atoms. The number of ether oxygens (including phenoxy) is 1. The number of aromatic nitrogens is 1. The average molecular weight is 344 g/mol. The lowest BCUT2D eigenvalue weighted by atomic mass is 9.98. The Morgan fingerprint density at radius 2 is 1.88 bits per heavy atom. The number of nitrogens with zero attached hydrogens (tertiary/aromatic N) is 4. The van der Waals surface area contributed by atoms with E-state index in [-0.39, 0.29) is 18.1 Å². The Balaban J connectivity index is 1.33. The molecular formula is C19H28N4O2. The molecule has 1 aromatic rings. The van der Waals surface area contributed by atoms with Crippen molar-refractivity contribution in [2.24, 2.45) is 0 Å². The number of hydrogen-bond acceptors (Lipinski definition) is 5. The minimum atomic E-state index is -0.231. The van der Waals surface area contributed by atoms with Crippen LogP contribution in [0, 0.1) is 0 Å². The van der Waals surface area contributed by atoms with Crippen molar-refractivity contribution in [3.05, 3.63) is 30.1 Å². The predicted molar refractivity (Wildman–Crippen MR) is 95.0 cm³/mol. The second-order valence-electron chi connectivity index (χ2n) is 7.55. The smallest absolute Gasteiger partial charge is 0.251 e. The van der Waals surface area contributed by atoms with Gasteiger partial charge in [0.15, 0.2) is 0 Å². The number of rotatable bonds is 3. The van der Waals surface area contributed by atoms with E-state index < -0.39 is 0 Å². The first-order valence-corrected chi connectivity index (χ1v) is 9.46. The molecule has 3 fully saturated rings. The zero-order chi connectivity index (χ0) is 17.2. The van der Waals surface area contributed by atoms with Crippen LogP contribution in [0.4, 0.5) is 0 Å². The van der Waals surface area contributed by atoms with E-state index in [0.717, 1.165) is 58.5 Å². The molecule has 1 aromatic heterocycles. The Morgan fingerprint density at radius 3 is 2.64 bits per heavy atom. The maximum atomic E-state index is 12.8. The molecule has 4 rings (SSSR count). The number of fused-ring (bicyclic) bond motifs is 1. The third-order valence-corrected chi connectivity index (χ3v) is 5.89. The van der Waals surface area contributed by atoms with Crippen molar-refractivity contribution >= 4 is 5.91 Å². The van der Waals surface area contributed by atoms with Gasteiger partial charge >= 0.3 is 0 Å². The summed E-state index contributed by atoms with van der Waals surface area (Å²) in [6, 6.07) is 4.61. The summed E-state index contributed by atoms with van der Waals surface area (Å²) in [6.45, 7) is 5.58. The summed E-state index contributed by atoms with van der Waals surface area (Å²) in [6.07, 6.45) is 6.61. The lowest BCUT2D eigenvalue weighted by Crippen LogP contribution is -2.53. The largest absolute Gasteiger partial charge is 0.363 e. The van der Waals surface area contributed by atoms with E-state index in [1.54, 1.807) is 0 Å². The quantitative estimate of drug-likeness (QED) is 0.818. The molecule has 25 heavy (non-hydrogen) atoms. The highest BCUT2D eigenvalue weighted by atomic mass is 16.5. The average Bonchev–Trinajstić information content (AvgIpc) is 3.05. The maximum absolute atomic E-state index is 12.8. The van der Waals surface area contributed by atoms with Gasteiger partial charge in [-0.3, -0.25) is 14.7 Å².